The molecule has 0 spiro atoms. The van der Waals surface area contributed by atoms with Crippen LogP contribution in [0.4, 0.5) is 5.69 Å². The van der Waals surface area contributed by atoms with Crippen molar-refractivity contribution in [1.82, 2.24) is 10.2 Å². The summed E-state index contributed by atoms with van der Waals surface area (Å²) in [5, 5.41) is 10.5. The summed E-state index contributed by atoms with van der Waals surface area (Å²) < 4.78 is 5.16. The minimum absolute atomic E-state index is 0.0322. The first-order valence-corrected chi connectivity index (χ1v) is 7.03. The van der Waals surface area contributed by atoms with Gasteiger partial charge in [0.05, 0.1) is 5.41 Å². The summed E-state index contributed by atoms with van der Waals surface area (Å²) >= 11 is 0. The molecule has 3 N–H and O–H groups in total. The molecular formula is C15H18N4O2. The van der Waals surface area contributed by atoms with E-state index in [-0.39, 0.29) is 11.9 Å². The molecule has 2 aromatic rings. The van der Waals surface area contributed by atoms with Crippen LogP contribution in [-0.2, 0) is 4.79 Å². The van der Waals surface area contributed by atoms with Gasteiger partial charge in [-0.3, -0.25) is 4.79 Å². The number of hydrogen-bond acceptors (Lipinski definition) is 5. The van der Waals surface area contributed by atoms with Gasteiger partial charge in [0.2, 0.25) is 18.2 Å². The number of nitrogens with two attached hydrogens (primary N) is 1. The molecule has 2 atom stereocenters. The van der Waals surface area contributed by atoms with E-state index in [1.54, 1.807) is 0 Å². The Balaban J connectivity index is 1.79. The Morgan fingerprint density at radius 2 is 2.38 bits per heavy atom. The quantitative estimate of drug-likeness (QED) is 0.902. The SMILES string of the molecule is CC1(C(=O)Nc2cccc(-c3nnco3)c2)CCCC1N. The number of carbonyl (C=O) groups excluding carboxylic acids is 1. The van der Waals surface area contributed by atoms with Gasteiger partial charge >= 0.3 is 0 Å². The fourth-order valence-corrected chi connectivity index (χ4v) is 2.78. The second-order valence-corrected chi connectivity index (χ2v) is 5.70. The van der Waals surface area contributed by atoms with E-state index in [0.29, 0.717) is 11.6 Å². The van der Waals surface area contributed by atoms with E-state index < -0.39 is 5.41 Å². The molecule has 6 heteroatoms. The van der Waals surface area contributed by atoms with Crippen molar-refractivity contribution in [2.45, 2.75) is 32.2 Å². The first-order chi connectivity index (χ1) is 10.1. The fourth-order valence-electron chi connectivity index (χ4n) is 2.78. The molecule has 0 radical (unpaired) electrons. The molecular weight excluding hydrogens is 268 g/mol. The maximum atomic E-state index is 12.5. The van der Waals surface area contributed by atoms with E-state index in [9.17, 15) is 4.79 Å². The van der Waals surface area contributed by atoms with Crippen molar-refractivity contribution in [3.63, 3.8) is 0 Å². The van der Waals surface area contributed by atoms with Crippen LogP contribution in [0.5, 0.6) is 0 Å². The number of carbonyl (C=O) groups is 1. The highest BCUT2D eigenvalue weighted by atomic mass is 16.4. The number of hydrogen-bond donors (Lipinski definition) is 2. The zero-order valence-corrected chi connectivity index (χ0v) is 11.9. The number of amides is 1. The molecule has 0 aliphatic heterocycles. The highest BCUT2D eigenvalue weighted by molar-refractivity contribution is 5.96. The van der Waals surface area contributed by atoms with Crippen LogP contribution in [-0.4, -0.2) is 22.1 Å². The topological polar surface area (TPSA) is 94.0 Å². The van der Waals surface area contributed by atoms with Crippen molar-refractivity contribution in [2.24, 2.45) is 11.1 Å². The van der Waals surface area contributed by atoms with Gasteiger partial charge in [0, 0.05) is 17.3 Å². The van der Waals surface area contributed by atoms with Crippen LogP contribution in [0, 0.1) is 5.41 Å². The Morgan fingerprint density at radius 3 is 3.05 bits per heavy atom. The van der Waals surface area contributed by atoms with Gasteiger partial charge in [-0.25, -0.2) is 0 Å². The lowest BCUT2D eigenvalue weighted by Gasteiger charge is -2.27. The molecule has 110 valence electrons. The number of nitrogens with one attached hydrogen (secondary N) is 1. The molecule has 1 aromatic carbocycles. The Kier molecular flexibility index (Phi) is 3.47. The second kappa shape index (κ2) is 5.29. The van der Waals surface area contributed by atoms with Crippen LogP contribution in [0.2, 0.25) is 0 Å². The Morgan fingerprint density at radius 1 is 1.52 bits per heavy atom. The molecule has 1 fully saturated rings. The molecule has 6 nitrogen and oxygen atoms in total. The summed E-state index contributed by atoms with van der Waals surface area (Å²) in [6.07, 6.45) is 3.99. The van der Waals surface area contributed by atoms with Crippen molar-refractivity contribution in [3.8, 4) is 11.5 Å². The average Bonchev–Trinajstić information content (AvgIpc) is 3.11. The van der Waals surface area contributed by atoms with E-state index in [1.165, 1.54) is 6.39 Å². The highest BCUT2D eigenvalue weighted by Crippen LogP contribution is 2.37. The third-order valence-electron chi connectivity index (χ3n) is 4.28. The molecule has 3 rings (SSSR count). The van der Waals surface area contributed by atoms with E-state index in [2.05, 4.69) is 15.5 Å². The number of aromatic nitrogens is 2. The number of nitrogens with zero attached hydrogens (tertiary/aromatic N) is 2. The van der Waals surface area contributed by atoms with Gasteiger partial charge < -0.3 is 15.5 Å². The lowest BCUT2D eigenvalue weighted by atomic mass is 9.84. The standard InChI is InChI=1S/C15H18N4O2/c1-15(7-3-6-12(15)16)14(20)18-11-5-2-4-10(8-11)13-19-17-9-21-13/h2,4-5,8-9,12H,3,6-7,16H2,1H3,(H,18,20). The van der Waals surface area contributed by atoms with Gasteiger partial charge in [-0.15, -0.1) is 10.2 Å². The van der Waals surface area contributed by atoms with Gasteiger partial charge in [-0.2, -0.15) is 0 Å². The third kappa shape index (κ3) is 2.54. The summed E-state index contributed by atoms with van der Waals surface area (Å²) in [6, 6.07) is 7.26. The Bertz CT molecular complexity index is 641. The van der Waals surface area contributed by atoms with Crippen molar-refractivity contribution in [3.05, 3.63) is 30.7 Å². The lowest BCUT2D eigenvalue weighted by Crippen LogP contribution is -2.44. The zero-order valence-electron chi connectivity index (χ0n) is 11.9. The van der Waals surface area contributed by atoms with Crippen LogP contribution in [0.15, 0.2) is 35.1 Å². The van der Waals surface area contributed by atoms with Crippen LogP contribution in [0.25, 0.3) is 11.5 Å². The predicted molar refractivity (Wildman–Crippen MR) is 78.3 cm³/mol. The van der Waals surface area contributed by atoms with Crippen LogP contribution >= 0.6 is 0 Å². The summed E-state index contributed by atoms with van der Waals surface area (Å²) in [7, 11) is 0. The van der Waals surface area contributed by atoms with Crippen LogP contribution in [0.3, 0.4) is 0 Å². The molecule has 1 aliphatic carbocycles. The molecule has 1 heterocycles. The molecule has 0 bridgehead atoms. The molecule has 1 aromatic heterocycles. The Hall–Kier alpha value is -2.21. The number of benzene rings is 1. The average molecular weight is 286 g/mol. The smallest absolute Gasteiger partial charge is 0.247 e. The highest BCUT2D eigenvalue weighted by Gasteiger charge is 2.42. The minimum Gasteiger partial charge on any atom is -0.423 e. The zero-order chi connectivity index (χ0) is 14.9. The molecule has 1 aliphatic rings. The largest absolute Gasteiger partial charge is 0.423 e. The minimum atomic E-state index is -0.500. The van der Waals surface area contributed by atoms with E-state index in [0.717, 1.165) is 24.8 Å². The monoisotopic (exact) mass is 286 g/mol. The maximum absolute atomic E-state index is 12.5. The van der Waals surface area contributed by atoms with E-state index in [1.807, 2.05) is 31.2 Å². The van der Waals surface area contributed by atoms with Crippen molar-refractivity contribution in [1.29, 1.82) is 0 Å². The summed E-state index contributed by atoms with van der Waals surface area (Å²) in [5.74, 6) is 0.394. The third-order valence-corrected chi connectivity index (χ3v) is 4.28. The summed E-state index contributed by atoms with van der Waals surface area (Å²) in [4.78, 5) is 12.5. The van der Waals surface area contributed by atoms with Crippen LogP contribution in [0.1, 0.15) is 26.2 Å². The predicted octanol–water partition coefficient (Wildman–Crippen LogP) is 2.19. The summed E-state index contributed by atoms with van der Waals surface area (Å²) in [5.41, 5.74) is 7.06. The molecule has 2 unspecified atom stereocenters. The summed E-state index contributed by atoms with van der Waals surface area (Å²) in [6.45, 7) is 1.93. The fraction of sp³-hybridized carbons (Fsp3) is 0.400. The van der Waals surface area contributed by atoms with Gasteiger partial charge in [0.1, 0.15) is 0 Å². The maximum Gasteiger partial charge on any atom is 0.247 e. The normalized spacial score (nSPS) is 25.0. The van der Waals surface area contributed by atoms with E-state index in [4.69, 9.17) is 10.2 Å². The van der Waals surface area contributed by atoms with Gasteiger partial charge in [0.25, 0.3) is 0 Å². The molecule has 21 heavy (non-hydrogen) atoms. The second-order valence-electron chi connectivity index (χ2n) is 5.70. The van der Waals surface area contributed by atoms with Crippen molar-refractivity contribution >= 4 is 11.6 Å². The van der Waals surface area contributed by atoms with E-state index >= 15 is 0 Å². The number of anilines is 1. The van der Waals surface area contributed by atoms with Gasteiger partial charge in [-0.05, 0) is 38.0 Å². The Labute approximate surface area is 122 Å². The molecule has 0 saturated heterocycles. The van der Waals surface area contributed by atoms with Crippen LogP contribution < -0.4 is 11.1 Å². The van der Waals surface area contributed by atoms with Crippen molar-refractivity contribution in [2.75, 3.05) is 5.32 Å². The molecule has 1 amide bonds. The lowest BCUT2D eigenvalue weighted by molar-refractivity contribution is -0.125. The first kappa shape index (κ1) is 13.8. The molecule has 1 saturated carbocycles. The van der Waals surface area contributed by atoms with Gasteiger partial charge in [0.15, 0.2) is 0 Å². The van der Waals surface area contributed by atoms with Crippen molar-refractivity contribution < 1.29 is 9.21 Å². The van der Waals surface area contributed by atoms with Gasteiger partial charge in [-0.1, -0.05) is 12.5 Å². The first-order valence-electron chi connectivity index (χ1n) is 7.03. The number of rotatable bonds is 3.